The number of hydrogen-bond acceptors (Lipinski definition) is 4. The lowest BCUT2D eigenvalue weighted by Gasteiger charge is -2.29. The number of hydrogen-bond donors (Lipinski definition) is 0. The number of ketones is 1. The van der Waals surface area contributed by atoms with Gasteiger partial charge in [0.25, 0.3) is 5.91 Å². The highest BCUT2D eigenvalue weighted by atomic mass is 79.9. The van der Waals surface area contributed by atoms with Crippen LogP contribution in [0.5, 0.6) is 5.75 Å². The maximum Gasteiger partial charge on any atom is 0.265 e. The average Bonchev–Trinajstić information content (AvgIpc) is 2.99. The van der Waals surface area contributed by atoms with Crippen LogP contribution in [0.1, 0.15) is 15.9 Å². The standard InChI is InChI=1S/C34H24BrFN2O3/c1-21-2-4-22(5-3-21)26-16-29(23-8-13-28(36)14-9-23)37-30(17-26)25-10-15-33-31(18-25)38(34(40)20-41-33)19-32(39)24-6-11-27(35)12-7-24/h2-18H,19-20H2,1H3. The zero-order valence-electron chi connectivity index (χ0n) is 22.1. The number of rotatable bonds is 6. The molecule has 0 atom stereocenters. The van der Waals surface area contributed by atoms with Gasteiger partial charge in [-0.05, 0) is 84.8 Å². The van der Waals surface area contributed by atoms with Crippen LogP contribution in [0.25, 0.3) is 33.6 Å². The highest BCUT2D eigenvalue weighted by Crippen LogP contribution is 2.38. The van der Waals surface area contributed by atoms with Crippen molar-refractivity contribution in [2.45, 2.75) is 6.92 Å². The molecule has 4 aromatic carbocycles. The molecule has 1 aromatic heterocycles. The lowest BCUT2D eigenvalue weighted by Crippen LogP contribution is -2.42. The third kappa shape index (κ3) is 5.67. The van der Waals surface area contributed by atoms with E-state index in [0.717, 1.165) is 32.3 Å². The Balaban J connectivity index is 1.42. The first-order valence-electron chi connectivity index (χ1n) is 13.1. The number of Topliss-reactive ketones (excluding diaryl/α,β-unsaturated/α-hetero) is 1. The summed E-state index contributed by atoms with van der Waals surface area (Å²) in [5, 5.41) is 0. The number of fused-ring (bicyclic) bond motifs is 1. The average molecular weight is 607 g/mol. The quantitative estimate of drug-likeness (QED) is 0.184. The van der Waals surface area contributed by atoms with E-state index in [4.69, 9.17) is 9.72 Å². The second-order valence-electron chi connectivity index (χ2n) is 9.88. The van der Waals surface area contributed by atoms with Crippen LogP contribution in [0.15, 0.2) is 108 Å². The van der Waals surface area contributed by atoms with Gasteiger partial charge in [-0.1, -0.05) is 57.9 Å². The van der Waals surface area contributed by atoms with Gasteiger partial charge in [0.2, 0.25) is 0 Å². The van der Waals surface area contributed by atoms with Crippen molar-refractivity contribution in [2.75, 3.05) is 18.1 Å². The maximum absolute atomic E-state index is 13.7. The van der Waals surface area contributed by atoms with Crippen molar-refractivity contribution in [1.82, 2.24) is 4.98 Å². The number of pyridine rings is 1. The predicted octanol–water partition coefficient (Wildman–Crippen LogP) is 7.90. The van der Waals surface area contributed by atoms with Crippen molar-refractivity contribution < 1.29 is 18.7 Å². The lowest BCUT2D eigenvalue weighted by molar-refractivity contribution is -0.121. The van der Waals surface area contributed by atoms with Crippen molar-refractivity contribution in [3.05, 3.63) is 125 Å². The summed E-state index contributed by atoms with van der Waals surface area (Å²) in [6.07, 6.45) is 0. The van der Waals surface area contributed by atoms with Crippen LogP contribution in [-0.2, 0) is 4.79 Å². The van der Waals surface area contributed by atoms with Crippen LogP contribution >= 0.6 is 15.9 Å². The molecule has 1 amide bonds. The number of halogens is 2. The summed E-state index contributed by atoms with van der Waals surface area (Å²) in [5.41, 5.74) is 7.02. The Bertz CT molecular complexity index is 1700. The van der Waals surface area contributed by atoms with Gasteiger partial charge in [-0.15, -0.1) is 0 Å². The Morgan fingerprint density at radius 1 is 0.829 bits per heavy atom. The Morgan fingerprint density at radius 3 is 2.17 bits per heavy atom. The molecule has 0 spiro atoms. The molecule has 2 heterocycles. The minimum absolute atomic E-state index is 0.113. The summed E-state index contributed by atoms with van der Waals surface area (Å²) in [6, 6.07) is 31.0. The molecule has 1 aliphatic rings. The molecular weight excluding hydrogens is 583 g/mol. The van der Waals surface area contributed by atoms with Crippen LogP contribution in [0.2, 0.25) is 0 Å². The van der Waals surface area contributed by atoms with E-state index in [9.17, 15) is 14.0 Å². The van der Waals surface area contributed by atoms with Gasteiger partial charge in [0.15, 0.2) is 12.4 Å². The van der Waals surface area contributed by atoms with Crippen molar-refractivity contribution >= 4 is 33.3 Å². The molecule has 0 saturated heterocycles. The van der Waals surface area contributed by atoms with Crippen LogP contribution in [0.4, 0.5) is 10.1 Å². The van der Waals surface area contributed by atoms with E-state index in [1.165, 1.54) is 17.0 Å². The number of amides is 1. The number of carbonyl (C=O) groups is 2. The number of ether oxygens (including phenoxy) is 1. The molecule has 202 valence electrons. The molecule has 0 radical (unpaired) electrons. The minimum Gasteiger partial charge on any atom is -0.482 e. The molecule has 41 heavy (non-hydrogen) atoms. The van der Waals surface area contributed by atoms with E-state index in [-0.39, 0.29) is 30.7 Å². The Hall–Kier alpha value is -4.62. The molecule has 0 unspecified atom stereocenters. The van der Waals surface area contributed by atoms with Gasteiger partial charge in [0.05, 0.1) is 23.6 Å². The predicted molar refractivity (Wildman–Crippen MR) is 162 cm³/mol. The van der Waals surface area contributed by atoms with E-state index in [0.29, 0.717) is 28.4 Å². The first-order valence-corrected chi connectivity index (χ1v) is 13.8. The van der Waals surface area contributed by atoms with E-state index in [1.807, 2.05) is 31.2 Å². The number of benzene rings is 4. The first kappa shape index (κ1) is 26.6. The van der Waals surface area contributed by atoms with Crippen molar-refractivity contribution in [3.63, 3.8) is 0 Å². The molecular formula is C34H24BrFN2O3. The number of anilines is 1. The van der Waals surface area contributed by atoms with Crippen LogP contribution < -0.4 is 9.64 Å². The molecule has 0 fully saturated rings. The Morgan fingerprint density at radius 2 is 1.46 bits per heavy atom. The van der Waals surface area contributed by atoms with E-state index >= 15 is 0 Å². The molecule has 0 aliphatic carbocycles. The van der Waals surface area contributed by atoms with E-state index in [1.54, 1.807) is 42.5 Å². The summed E-state index contributed by atoms with van der Waals surface area (Å²) >= 11 is 3.39. The van der Waals surface area contributed by atoms with Gasteiger partial charge in [-0.25, -0.2) is 9.37 Å². The molecule has 0 saturated carbocycles. The topological polar surface area (TPSA) is 59.5 Å². The Labute approximate surface area is 245 Å². The SMILES string of the molecule is Cc1ccc(-c2cc(-c3ccc(F)cc3)nc(-c3ccc4c(c3)N(CC(=O)c3ccc(Br)cc3)C(=O)CO4)c2)cc1. The summed E-state index contributed by atoms with van der Waals surface area (Å²) in [6.45, 7) is 1.78. The van der Waals surface area contributed by atoms with Crippen molar-refractivity contribution in [2.24, 2.45) is 0 Å². The monoisotopic (exact) mass is 606 g/mol. The number of aromatic nitrogens is 1. The Kier molecular flexibility index (Phi) is 7.20. The third-order valence-corrected chi connectivity index (χ3v) is 7.54. The first-order chi connectivity index (χ1) is 19.8. The third-order valence-electron chi connectivity index (χ3n) is 7.02. The highest BCUT2D eigenvalue weighted by molar-refractivity contribution is 9.10. The van der Waals surface area contributed by atoms with Gasteiger partial charge >= 0.3 is 0 Å². The molecule has 0 bridgehead atoms. The highest BCUT2D eigenvalue weighted by Gasteiger charge is 2.28. The molecule has 1 aliphatic heterocycles. The van der Waals surface area contributed by atoms with Gasteiger partial charge in [0, 0.05) is 21.2 Å². The maximum atomic E-state index is 13.7. The van der Waals surface area contributed by atoms with Gasteiger partial charge in [-0.2, -0.15) is 0 Å². The summed E-state index contributed by atoms with van der Waals surface area (Å²) in [5.74, 6) is -0.276. The normalized spacial score (nSPS) is 12.6. The van der Waals surface area contributed by atoms with Crippen LogP contribution in [-0.4, -0.2) is 29.8 Å². The largest absolute Gasteiger partial charge is 0.482 e. The van der Waals surface area contributed by atoms with Crippen molar-refractivity contribution in [3.8, 4) is 39.4 Å². The van der Waals surface area contributed by atoms with Gasteiger partial charge < -0.3 is 4.74 Å². The molecule has 7 heteroatoms. The summed E-state index contributed by atoms with van der Waals surface area (Å²) < 4.78 is 20.3. The van der Waals surface area contributed by atoms with E-state index in [2.05, 4.69) is 40.2 Å². The van der Waals surface area contributed by atoms with Crippen molar-refractivity contribution in [1.29, 1.82) is 0 Å². The van der Waals surface area contributed by atoms with E-state index < -0.39 is 0 Å². The van der Waals surface area contributed by atoms with Crippen LogP contribution in [0, 0.1) is 12.7 Å². The van der Waals surface area contributed by atoms with Crippen LogP contribution in [0.3, 0.4) is 0 Å². The van der Waals surface area contributed by atoms with Gasteiger partial charge in [0.1, 0.15) is 11.6 Å². The smallest absolute Gasteiger partial charge is 0.265 e. The second kappa shape index (κ2) is 11.1. The lowest BCUT2D eigenvalue weighted by atomic mass is 9.99. The molecule has 0 N–H and O–H groups in total. The molecule has 5 aromatic rings. The van der Waals surface area contributed by atoms with Gasteiger partial charge in [-0.3, -0.25) is 14.5 Å². The minimum atomic E-state index is -0.319. The fourth-order valence-corrected chi connectivity index (χ4v) is 5.03. The number of carbonyl (C=O) groups excluding carboxylic acids is 2. The second-order valence-corrected chi connectivity index (χ2v) is 10.8. The summed E-state index contributed by atoms with van der Waals surface area (Å²) in [4.78, 5) is 32.4. The zero-order valence-corrected chi connectivity index (χ0v) is 23.7. The fraction of sp³-hybridized carbons (Fsp3) is 0.0882. The fourth-order valence-electron chi connectivity index (χ4n) is 4.77. The zero-order chi connectivity index (χ0) is 28.5. The molecule has 6 rings (SSSR count). The number of nitrogens with zero attached hydrogens (tertiary/aromatic N) is 2. The summed E-state index contributed by atoms with van der Waals surface area (Å²) in [7, 11) is 0. The molecule has 5 nitrogen and oxygen atoms in total. The number of aryl methyl sites for hydroxylation is 1.